The van der Waals surface area contributed by atoms with E-state index in [0.29, 0.717) is 4.47 Å². The van der Waals surface area contributed by atoms with Crippen LogP contribution in [-0.2, 0) is 4.79 Å². The smallest absolute Gasteiger partial charge is 0.455 e. The van der Waals surface area contributed by atoms with Crippen molar-refractivity contribution >= 4 is 33.6 Å². The Kier molecular flexibility index (Phi) is 5.23. The molecule has 0 saturated carbocycles. The van der Waals surface area contributed by atoms with E-state index < -0.39 is 23.3 Å². The third kappa shape index (κ3) is 4.11. The molecule has 0 aliphatic rings. The molecule has 1 N–H and O–H groups in total. The highest BCUT2D eigenvalue weighted by atomic mass is 79.9. The number of alkyl halides is 3. The van der Waals surface area contributed by atoms with Crippen LogP contribution in [0.3, 0.4) is 0 Å². The van der Waals surface area contributed by atoms with Crippen LogP contribution in [0, 0.1) is 0 Å². The van der Waals surface area contributed by atoms with Gasteiger partial charge in [-0.2, -0.15) is 13.2 Å². The van der Waals surface area contributed by atoms with Crippen LogP contribution in [0.4, 0.5) is 13.2 Å². The molecule has 0 spiro atoms. The molecule has 0 amide bonds. The number of carbonyl (C=O) groups excluding carboxylic acids is 2. The van der Waals surface area contributed by atoms with Gasteiger partial charge in [0, 0.05) is 15.6 Å². The lowest BCUT2D eigenvalue weighted by Crippen LogP contribution is -2.28. The molecule has 0 aromatic heterocycles. The molecule has 2 rings (SSSR count). The lowest BCUT2D eigenvalue weighted by molar-refractivity contribution is -0.166. The van der Waals surface area contributed by atoms with Crippen molar-refractivity contribution in [3.63, 3.8) is 0 Å². The second-order valence-corrected chi connectivity index (χ2v) is 5.70. The summed E-state index contributed by atoms with van der Waals surface area (Å²) in [5.74, 6) is -3.69. The molecule has 0 aliphatic carbocycles. The summed E-state index contributed by atoms with van der Waals surface area (Å²) in [5, 5.41) is 9.75. The van der Waals surface area contributed by atoms with Gasteiger partial charge in [0.2, 0.25) is 0 Å². The van der Waals surface area contributed by atoms with Crippen molar-refractivity contribution in [3.8, 4) is 5.75 Å². The molecule has 0 radical (unpaired) electrons. The summed E-state index contributed by atoms with van der Waals surface area (Å²) in [6.45, 7) is 0. The number of halogens is 4. The van der Waals surface area contributed by atoms with Crippen molar-refractivity contribution in [2.75, 3.05) is 0 Å². The Morgan fingerprint density at radius 3 is 2.25 bits per heavy atom. The zero-order chi connectivity index (χ0) is 17.9. The van der Waals surface area contributed by atoms with Crippen LogP contribution >= 0.6 is 15.9 Å². The first kappa shape index (κ1) is 17.9. The fourth-order valence-corrected chi connectivity index (χ4v) is 2.31. The predicted octanol–water partition coefficient (Wildman–Crippen LogP) is 4.55. The van der Waals surface area contributed by atoms with Crippen molar-refractivity contribution in [1.29, 1.82) is 0 Å². The van der Waals surface area contributed by atoms with E-state index in [1.54, 1.807) is 6.07 Å². The highest BCUT2D eigenvalue weighted by Crippen LogP contribution is 2.28. The molecule has 0 aliphatic heterocycles. The predicted molar refractivity (Wildman–Crippen MR) is 85.6 cm³/mol. The highest BCUT2D eigenvalue weighted by molar-refractivity contribution is 9.10. The number of benzene rings is 2. The van der Waals surface area contributed by atoms with E-state index in [4.69, 9.17) is 0 Å². The molecule has 0 heterocycles. The summed E-state index contributed by atoms with van der Waals surface area (Å²) in [4.78, 5) is 24.0. The summed E-state index contributed by atoms with van der Waals surface area (Å²) in [5.41, 5.74) is -1.21. The molecule has 0 saturated heterocycles. The van der Waals surface area contributed by atoms with Gasteiger partial charge in [-0.15, -0.1) is 0 Å². The van der Waals surface area contributed by atoms with E-state index >= 15 is 0 Å². The minimum Gasteiger partial charge on any atom is -0.507 e. The normalized spacial score (nSPS) is 12.1. The number of ketones is 2. The number of hydrogen-bond donors (Lipinski definition) is 1. The number of aromatic hydroxyl groups is 1. The SMILES string of the molecule is O=C(/C(=C/c1cc(Br)ccc1O)C(=O)C(F)(F)F)c1ccccc1. The number of rotatable bonds is 4. The van der Waals surface area contributed by atoms with E-state index in [9.17, 15) is 27.9 Å². The van der Waals surface area contributed by atoms with Crippen molar-refractivity contribution in [2.45, 2.75) is 6.18 Å². The van der Waals surface area contributed by atoms with Gasteiger partial charge in [0.25, 0.3) is 5.78 Å². The Morgan fingerprint density at radius 2 is 1.67 bits per heavy atom. The summed E-state index contributed by atoms with van der Waals surface area (Å²) in [7, 11) is 0. The number of allylic oxidation sites excluding steroid dienone is 1. The van der Waals surface area contributed by atoms with Gasteiger partial charge in [-0.1, -0.05) is 46.3 Å². The number of Topliss-reactive ketones (excluding diaryl/α,β-unsaturated/α-hetero) is 2. The van der Waals surface area contributed by atoms with Crippen LogP contribution in [-0.4, -0.2) is 22.8 Å². The molecule has 2 aromatic rings. The summed E-state index contributed by atoms with van der Waals surface area (Å²) in [6, 6.07) is 11.2. The largest absolute Gasteiger partial charge is 0.507 e. The molecule has 124 valence electrons. The van der Waals surface area contributed by atoms with Gasteiger partial charge in [-0.05, 0) is 24.3 Å². The molecule has 0 atom stereocenters. The standard InChI is InChI=1S/C17H10BrF3O3/c18-12-6-7-14(22)11(8-12)9-13(16(24)17(19,20)21)15(23)10-4-2-1-3-5-10/h1-9,22H/b13-9-. The van der Waals surface area contributed by atoms with E-state index in [1.165, 1.54) is 42.5 Å². The lowest BCUT2D eigenvalue weighted by atomic mass is 9.97. The average Bonchev–Trinajstić information content (AvgIpc) is 2.54. The number of phenolic OH excluding ortho intramolecular Hbond substituents is 1. The first-order valence-corrected chi connectivity index (χ1v) is 7.41. The summed E-state index contributed by atoms with van der Waals surface area (Å²) in [6.07, 6.45) is -4.47. The van der Waals surface area contributed by atoms with Crippen LogP contribution in [0.25, 0.3) is 6.08 Å². The second-order valence-electron chi connectivity index (χ2n) is 4.78. The topological polar surface area (TPSA) is 54.4 Å². The van der Waals surface area contributed by atoms with Crippen LogP contribution in [0.2, 0.25) is 0 Å². The maximum atomic E-state index is 12.8. The van der Waals surface area contributed by atoms with E-state index in [1.807, 2.05) is 0 Å². The van der Waals surface area contributed by atoms with Crippen LogP contribution in [0.1, 0.15) is 15.9 Å². The highest BCUT2D eigenvalue weighted by Gasteiger charge is 2.43. The van der Waals surface area contributed by atoms with Crippen molar-refractivity contribution in [2.24, 2.45) is 0 Å². The zero-order valence-corrected chi connectivity index (χ0v) is 13.6. The van der Waals surface area contributed by atoms with Gasteiger partial charge in [0.15, 0.2) is 5.78 Å². The Hall–Kier alpha value is -2.41. The molecule has 0 bridgehead atoms. The Morgan fingerprint density at radius 1 is 1.04 bits per heavy atom. The average molecular weight is 399 g/mol. The first-order chi connectivity index (χ1) is 11.2. The van der Waals surface area contributed by atoms with Gasteiger partial charge in [0.05, 0.1) is 5.57 Å². The summed E-state index contributed by atoms with van der Waals surface area (Å²) < 4.78 is 39.0. The quantitative estimate of drug-likeness (QED) is 0.355. The second kappa shape index (κ2) is 7.00. The van der Waals surface area contributed by atoms with E-state index in [2.05, 4.69) is 15.9 Å². The molecule has 24 heavy (non-hydrogen) atoms. The lowest BCUT2D eigenvalue weighted by Gasteiger charge is -2.10. The minimum absolute atomic E-state index is 0.0594. The fraction of sp³-hybridized carbons (Fsp3) is 0.0588. The Labute approximate surface area is 143 Å². The molecule has 7 heteroatoms. The van der Waals surface area contributed by atoms with Gasteiger partial charge in [-0.3, -0.25) is 9.59 Å². The maximum Gasteiger partial charge on any atom is 0.455 e. The van der Waals surface area contributed by atoms with Crippen LogP contribution < -0.4 is 0 Å². The summed E-state index contributed by atoms with van der Waals surface area (Å²) >= 11 is 3.11. The minimum atomic E-state index is -5.21. The fourth-order valence-electron chi connectivity index (χ4n) is 1.93. The number of phenols is 1. The third-order valence-corrected chi connectivity index (χ3v) is 3.57. The molecule has 0 fully saturated rings. The Balaban J connectivity index is 2.59. The molecule has 2 aromatic carbocycles. The van der Waals surface area contributed by atoms with E-state index in [0.717, 1.165) is 6.08 Å². The molecule has 3 nitrogen and oxygen atoms in total. The Bertz CT molecular complexity index is 812. The monoisotopic (exact) mass is 398 g/mol. The van der Waals surface area contributed by atoms with Crippen LogP contribution in [0.15, 0.2) is 58.6 Å². The van der Waals surface area contributed by atoms with Gasteiger partial charge in [-0.25, -0.2) is 0 Å². The van der Waals surface area contributed by atoms with Crippen molar-refractivity contribution < 1.29 is 27.9 Å². The van der Waals surface area contributed by atoms with Crippen LogP contribution in [0.5, 0.6) is 5.75 Å². The molecule has 0 unspecified atom stereocenters. The van der Waals surface area contributed by atoms with Crippen molar-refractivity contribution in [3.05, 3.63) is 69.7 Å². The van der Waals surface area contributed by atoms with E-state index in [-0.39, 0.29) is 16.9 Å². The number of carbonyl (C=O) groups is 2. The van der Waals surface area contributed by atoms with Gasteiger partial charge in [0.1, 0.15) is 5.75 Å². The first-order valence-electron chi connectivity index (χ1n) is 6.61. The molecular formula is C17H10BrF3O3. The number of hydrogen-bond acceptors (Lipinski definition) is 3. The van der Waals surface area contributed by atoms with Crippen molar-refractivity contribution in [1.82, 2.24) is 0 Å². The molecular weight excluding hydrogens is 389 g/mol. The van der Waals surface area contributed by atoms with Gasteiger partial charge < -0.3 is 5.11 Å². The third-order valence-electron chi connectivity index (χ3n) is 3.07. The zero-order valence-electron chi connectivity index (χ0n) is 12.0. The maximum absolute atomic E-state index is 12.8. The van der Waals surface area contributed by atoms with Gasteiger partial charge >= 0.3 is 6.18 Å².